The number of fused-ring (bicyclic) bond motifs is 3. The van der Waals surface area contributed by atoms with Gasteiger partial charge < -0.3 is 5.73 Å². The van der Waals surface area contributed by atoms with E-state index in [1.54, 1.807) is 0 Å². The third-order valence-corrected chi connectivity index (χ3v) is 4.52. The minimum absolute atomic E-state index is 0.0848. The van der Waals surface area contributed by atoms with E-state index in [9.17, 15) is 4.79 Å². The molecular formula is C20H19N5O. The third-order valence-electron chi connectivity index (χ3n) is 4.52. The van der Waals surface area contributed by atoms with E-state index in [0.717, 1.165) is 33.9 Å². The van der Waals surface area contributed by atoms with Crippen LogP contribution < -0.4 is 5.73 Å². The molecule has 2 heterocycles. The zero-order valence-corrected chi connectivity index (χ0v) is 14.7. The molecule has 3 aromatic rings. The second-order valence-corrected chi connectivity index (χ2v) is 6.49. The van der Waals surface area contributed by atoms with Crippen molar-refractivity contribution in [1.29, 1.82) is 0 Å². The number of nitrogens with two attached hydrogens (primary N) is 1. The lowest BCUT2D eigenvalue weighted by Crippen LogP contribution is -2.17. The largest absolute Gasteiger partial charge is 0.370 e. The number of aliphatic imine (C=N–C) groups is 1. The van der Waals surface area contributed by atoms with Gasteiger partial charge in [0.1, 0.15) is 11.9 Å². The molecule has 2 aromatic carbocycles. The summed E-state index contributed by atoms with van der Waals surface area (Å²) in [6.45, 7) is 3.95. The minimum Gasteiger partial charge on any atom is -0.370 e. The summed E-state index contributed by atoms with van der Waals surface area (Å²) >= 11 is 0. The van der Waals surface area contributed by atoms with Crippen LogP contribution in [0.4, 0.5) is 0 Å². The van der Waals surface area contributed by atoms with Crippen molar-refractivity contribution in [2.45, 2.75) is 26.3 Å². The Labute approximate surface area is 151 Å². The number of nitrogens with zero attached hydrogens (tertiary/aromatic N) is 4. The molecule has 1 amide bonds. The summed E-state index contributed by atoms with van der Waals surface area (Å²) in [6.07, 6.45) is 0.0848. The standard InChI is InChI=1S/C20H19N5O/c1-12-8-9-17-15(10-12)19(14-6-4-3-5-7-14)22-16(11-18(21)26)20-24-23-13(2)25(17)20/h3-10,16H,11H2,1-2H3,(H2,21,26)/t16-/m0/s1. The molecule has 1 aromatic heterocycles. The Bertz CT molecular complexity index is 1020. The first kappa shape index (κ1) is 16.2. The molecule has 0 aliphatic carbocycles. The van der Waals surface area contributed by atoms with Crippen molar-refractivity contribution < 1.29 is 4.79 Å². The van der Waals surface area contributed by atoms with Crippen LogP contribution in [-0.2, 0) is 4.79 Å². The molecule has 6 heteroatoms. The van der Waals surface area contributed by atoms with E-state index in [1.165, 1.54) is 0 Å². The first-order valence-electron chi connectivity index (χ1n) is 8.49. The highest BCUT2D eigenvalue weighted by atomic mass is 16.1. The van der Waals surface area contributed by atoms with E-state index in [4.69, 9.17) is 10.7 Å². The van der Waals surface area contributed by atoms with Gasteiger partial charge in [0.25, 0.3) is 0 Å². The maximum absolute atomic E-state index is 11.7. The Morgan fingerprint density at radius 3 is 2.62 bits per heavy atom. The number of rotatable bonds is 3. The third kappa shape index (κ3) is 2.69. The molecule has 0 fully saturated rings. The summed E-state index contributed by atoms with van der Waals surface area (Å²) in [5.74, 6) is 0.974. The lowest BCUT2D eigenvalue weighted by molar-refractivity contribution is -0.118. The smallest absolute Gasteiger partial charge is 0.220 e. The van der Waals surface area contributed by atoms with Crippen LogP contribution in [0.5, 0.6) is 0 Å². The Balaban J connectivity index is 2.04. The topological polar surface area (TPSA) is 86.2 Å². The van der Waals surface area contributed by atoms with E-state index in [-0.39, 0.29) is 6.42 Å². The fourth-order valence-electron chi connectivity index (χ4n) is 3.36. The van der Waals surface area contributed by atoms with Gasteiger partial charge in [-0.1, -0.05) is 42.0 Å². The number of hydrogen-bond acceptors (Lipinski definition) is 4. The molecule has 130 valence electrons. The highest BCUT2D eigenvalue weighted by Gasteiger charge is 2.29. The van der Waals surface area contributed by atoms with Crippen LogP contribution in [0.2, 0.25) is 0 Å². The summed E-state index contributed by atoms with van der Waals surface area (Å²) in [4.78, 5) is 16.6. The molecule has 2 N–H and O–H groups in total. The number of aryl methyl sites for hydroxylation is 2. The van der Waals surface area contributed by atoms with Crippen LogP contribution in [0.1, 0.15) is 40.8 Å². The number of hydrogen-bond donors (Lipinski definition) is 1. The van der Waals surface area contributed by atoms with Gasteiger partial charge >= 0.3 is 0 Å². The van der Waals surface area contributed by atoms with E-state index < -0.39 is 11.9 Å². The highest BCUT2D eigenvalue weighted by molar-refractivity contribution is 6.15. The predicted octanol–water partition coefficient (Wildman–Crippen LogP) is 2.65. The van der Waals surface area contributed by atoms with E-state index >= 15 is 0 Å². The average molecular weight is 345 g/mol. The second kappa shape index (κ2) is 6.22. The van der Waals surface area contributed by atoms with Gasteiger partial charge in [0, 0.05) is 11.1 Å². The predicted molar refractivity (Wildman–Crippen MR) is 99.5 cm³/mol. The normalized spacial score (nSPS) is 15.6. The Morgan fingerprint density at radius 1 is 1.12 bits per heavy atom. The van der Waals surface area contributed by atoms with E-state index in [2.05, 4.69) is 35.3 Å². The maximum atomic E-state index is 11.7. The monoisotopic (exact) mass is 345 g/mol. The lowest BCUT2D eigenvalue weighted by Gasteiger charge is -2.13. The fourth-order valence-corrected chi connectivity index (χ4v) is 3.36. The van der Waals surface area contributed by atoms with Gasteiger partial charge in [-0.3, -0.25) is 14.4 Å². The van der Waals surface area contributed by atoms with Crippen LogP contribution in [0.25, 0.3) is 5.69 Å². The van der Waals surface area contributed by atoms with Crippen molar-refractivity contribution in [3.05, 3.63) is 76.9 Å². The maximum Gasteiger partial charge on any atom is 0.220 e. The van der Waals surface area contributed by atoms with Crippen molar-refractivity contribution in [3.8, 4) is 5.69 Å². The van der Waals surface area contributed by atoms with Gasteiger partial charge in [-0.05, 0) is 26.0 Å². The Kier molecular flexibility index (Phi) is 3.88. The van der Waals surface area contributed by atoms with E-state index in [1.807, 2.05) is 41.8 Å². The highest BCUT2D eigenvalue weighted by Crippen LogP contribution is 2.32. The Morgan fingerprint density at radius 2 is 1.88 bits per heavy atom. The molecule has 1 aliphatic rings. The molecule has 0 saturated heterocycles. The number of primary amides is 1. The number of aromatic nitrogens is 3. The quantitative estimate of drug-likeness (QED) is 0.792. The van der Waals surface area contributed by atoms with Crippen molar-refractivity contribution in [2.24, 2.45) is 10.7 Å². The second-order valence-electron chi connectivity index (χ2n) is 6.49. The van der Waals surface area contributed by atoms with E-state index in [0.29, 0.717) is 5.82 Å². The van der Waals surface area contributed by atoms with Gasteiger partial charge in [-0.15, -0.1) is 10.2 Å². The lowest BCUT2D eigenvalue weighted by atomic mass is 9.98. The van der Waals surface area contributed by atoms with Crippen molar-refractivity contribution >= 4 is 11.6 Å². The molecule has 1 atom stereocenters. The molecule has 0 saturated carbocycles. The zero-order valence-electron chi connectivity index (χ0n) is 14.7. The summed E-state index contributed by atoms with van der Waals surface area (Å²) in [7, 11) is 0. The molecule has 1 aliphatic heterocycles. The first-order valence-corrected chi connectivity index (χ1v) is 8.49. The molecule has 0 radical (unpaired) electrons. The van der Waals surface area contributed by atoms with Crippen molar-refractivity contribution in [2.75, 3.05) is 0 Å². The van der Waals surface area contributed by atoms with Crippen LogP contribution in [0, 0.1) is 13.8 Å². The van der Waals surface area contributed by atoms with Gasteiger partial charge in [0.15, 0.2) is 5.82 Å². The summed E-state index contributed by atoms with van der Waals surface area (Å²) < 4.78 is 1.97. The molecular weight excluding hydrogens is 326 g/mol. The average Bonchev–Trinajstić information content (AvgIpc) is 2.94. The van der Waals surface area contributed by atoms with Crippen molar-refractivity contribution in [3.63, 3.8) is 0 Å². The molecule has 6 nitrogen and oxygen atoms in total. The summed E-state index contributed by atoms with van der Waals surface area (Å²) in [6, 6.07) is 15.7. The van der Waals surface area contributed by atoms with Crippen LogP contribution >= 0.6 is 0 Å². The zero-order chi connectivity index (χ0) is 18.3. The van der Waals surface area contributed by atoms with Crippen molar-refractivity contribution in [1.82, 2.24) is 14.8 Å². The van der Waals surface area contributed by atoms with Gasteiger partial charge in [0.05, 0.1) is 17.8 Å². The number of amides is 1. The number of carbonyl (C=O) groups excluding carboxylic acids is 1. The van der Waals surface area contributed by atoms with Gasteiger partial charge in [-0.2, -0.15) is 0 Å². The molecule has 0 unspecified atom stereocenters. The molecule has 4 rings (SSSR count). The number of carbonyl (C=O) groups is 1. The minimum atomic E-state index is -0.475. The summed E-state index contributed by atoms with van der Waals surface area (Å²) in [5.41, 5.74) is 10.4. The Hall–Kier alpha value is -3.28. The van der Waals surface area contributed by atoms with Crippen LogP contribution in [-0.4, -0.2) is 26.4 Å². The van der Waals surface area contributed by atoms with Gasteiger partial charge in [-0.25, -0.2) is 0 Å². The van der Waals surface area contributed by atoms with Crippen LogP contribution in [0.3, 0.4) is 0 Å². The first-order chi connectivity index (χ1) is 12.5. The number of benzene rings is 2. The summed E-state index contributed by atoms with van der Waals surface area (Å²) in [5, 5.41) is 8.51. The molecule has 0 bridgehead atoms. The van der Waals surface area contributed by atoms with Gasteiger partial charge in [0.2, 0.25) is 5.91 Å². The van der Waals surface area contributed by atoms with Crippen LogP contribution in [0.15, 0.2) is 53.5 Å². The molecule has 0 spiro atoms. The molecule has 26 heavy (non-hydrogen) atoms. The SMILES string of the molecule is Cc1ccc2c(c1)C(c1ccccc1)=N[C@@H](CC(N)=O)c1nnc(C)n1-2. The fraction of sp³-hybridized carbons (Fsp3) is 0.200.